The lowest BCUT2D eigenvalue weighted by atomic mass is 9.99. The van der Waals surface area contributed by atoms with Crippen molar-refractivity contribution < 1.29 is 81.2 Å². The van der Waals surface area contributed by atoms with E-state index in [1.165, 1.54) is 73.1 Å². The quantitative estimate of drug-likeness (QED) is 0.0785. The Labute approximate surface area is 419 Å². The molecule has 0 saturated carbocycles. The summed E-state index contributed by atoms with van der Waals surface area (Å²) >= 11 is 6.33. The Balaban J connectivity index is 0.000000254. The van der Waals surface area contributed by atoms with Gasteiger partial charge in [0, 0.05) is 74.5 Å². The topological polar surface area (TPSA) is 184 Å². The molecule has 386 valence electrons. The van der Waals surface area contributed by atoms with Gasteiger partial charge in [-0.05, 0) is 130 Å². The number of halogens is 8. The molecule has 70 heavy (non-hydrogen) atoms. The highest BCUT2D eigenvalue weighted by Gasteiger charge is 2.56. The number of carbonyl (C=O) groups excluding carboxylic acids is 2. The predicted molar refractivity (Wildman–Crippen MR) is 250 cm³/mol. The molecule has 0 N–H and O–H groups in total. The summed E-state index contributed by atoms with van der Waals surface area (Å²) in [5, 5.41) is 0. The van der Waals surface area contributed by atoms with Gasteiger partial charge in [-0.3, -0.25) is 14.6 Å². The van der Waals surface area contributed by atoms with Gasteiger partial charge in [0.15, 0.2) is 42.4 Å². The summed E-state index contributed by atoms with van der Waals surface area (Å²) in [6.07, 6.45) is -6.24. The maximum absolute atomic E-state index is 13.6. The van der Waals surface area contributed by atoms with Crippen LogP contribution in [0.3, 0.4) is 0 Å². The smallest absolute Gasteiger partial charge is 0.422 e. The Morgan fingerprint density at radius 1 is 0.571 bits per heavy atom. The van der Waals surface area contributed by atoms with Crippen LogP contribution in [0.15, 0.2) is 104 Å². The van der Waals surface area contributed by atoms with Crippen molar-refractivity contribution in [3.8, 4) is 22.8 Å². The van der Waals surface area contributed by atoms with Crippen molar-refractivity contribution in [2.75, 3.05) is 39.6 Å². The molecule has 0 radical (unpaired) electrons. The number of hydrogen-bond acceptors (Lipinski definition) is 14. The summed E-state index contributed by atoms with van der Waals surface area (Å²) in [7, 11) is -8.12. The molecule has 2 fully saturated rings. The highest BCUT2D eigenvalue weighted by molar-refractivity contribution is 9.10. The lowest BCUT2D eigenvalue weighted by Crippen LogP contribution is -2.53. The molecule has 0 aliphatic carbocycles. The van der Waals surface area contributed by atoms with E-state index in [9.17, 15) is 52.8 Å². The molecule has 14 nitrogen and oxygen atoms in total. The third kappa shape index (κ3) is 16.3. The lowest BCUT2D eigenvalue weighted by molar-refractivity contribution is -0.161. The minimum Gasteiger partial charge on any atom is -0.484 e. The molecule has 0 bridgehead atoms. The van der Waals surface area contributed by atoms with Crippen LogP contribution in [0.4, 0.5) is 26.3 Å². The molecular formula is C46H52Br2F6N2O12S2. The van der Waals surface area contributed by atoms with E-state index >= 15 is 0 Å². The second kappa shape index (κ2) is 23.5. The monoisotopic (exact) mass is 1160 g/mol. The zero-order chi connectivity index (χ0) is 52.4. The van der Waals surface area contributed by atoms with Crippen LogP contribution >= 0.6 is 31.9 Å². The number of benzene rings is 2. The van der Waals surface area contributed by atoms with E-state index in [2.05, 4.69) is 51.3 Å². The van der Waals surface area contributed by atoms with Crippen molar-refractivity contribution in [1.29, 1.82) is 0 Å². The zero-order valence-corrected chi connectivity index (χ0v) is 43.6. The number of nitrogens with zero attached hydrogens (tertiary/aromatic N) is 2. The number of alkyl halides is 6. The van der Waals surface area contributed by atoms with Gasteiger partial charge in [0.1, 0.15) is 27.3 Å². The molecule has 0 amide bonds. The molecule has 0 unspecified atom stereocenters. The van der Waals surface area contributed by atoms with E-state index in [0.717, 1.165) is 4.47 Å². The van der Waals surface area contributed by atoms with E-state index in [-0.39, 0.29) is 73.4 Å². The third-order valence-electron chi connectivity index (χ3n) is 10.00. The van der Waals surface area contributed by atoms with Crippen LogP contribution in [0.2, 0.25) is 0 Å². The molecule has 2 aliphatic heterocycles. The molecule has 2 aromatic carbocycles. The van der Waals surface area contributed by atoms with Gasteiger partial charge < -0.3 is 28.4 Å². The van der Waals surface area contributed by atoms with E-state index in [1.54, 1.807) is 53.7 Å². The Morgan fingerprint density at radius 2 is 0.943 bits per heavy atom. The first-order valence-electron chi connectivity index (χ1n) is 21.2. The summed E-state index contributed by atoms with van der Waals surface area (Å²) in [4.78, 5) is 33.8. The largest absolute Gasteiger partial charge is 0.484 e. The first-order valence-corrected chi connectivity index (χ1v) is 25.8. The third-order valence-corrected chi connectivity index (χ3v) is 15.9. The van der Waals surface area contributed by atoms with Crippen LogP contribution in [0.25, 0.3) is 11.3 Å². The molecule has 0 spiro atoms. The molecule has 0 atom stereocenters. The van der Waals surface area contributed by atoms with Crippen LogP contribution in [0, 0.1) is 0 Å². The number of hydrogen-bond donors (Lipinski definition) is 0. The summed E-state index contributed by atoms with van der Waals surface area (Å²) in [6.45, 7) is 8.09. The van der Waals surface area contributed by atoms with Gasteiger partial charge in [0.05, 0.1) is 15.5 Å². The van der Waals surface area contributed by atoms with Crippen molar-refractivity contribution in [3.05, 3.63) is 94.3 Å². The standard InChI is InChI=1S/C23H26F3NO6S.C15H20BrNO5S.C8H6BrF3O/c1-21(2,3)33-20(28)22(10-12-31-13-11-22)34(29,30)18-8-9-19(27-14-18)16-4-6-17(7-5-16)32-15-23(24,25)26;1-14(2,3)22-13(18)15(6-8-21-9-7-15)23(19,20)11-4-5-12(16)17-10-11;9-6-1-3-7(4-2-6)13-5-8(10,11)12/h4-9,14H,10-13,15H2,1-3H3;4-5,10H,6-9H2,1-3H3;1-4H,5H2. The van der Waals surface area contributed by atoms with Crippen molar-refractivity contribution >= 4 is 63.5 Å². The molecule has 2 saturated heterocycles. The Kier molecular flexibility index (Phi) is 19.5. The number of carbonyl (C=O) groups is 2. The van der Waals surface area contributed by atoms with Gasteiger partial charge in [0.25, 0.3) is 0 Å². The zero-order valence-electron chi connectivity index (χ0n) is 38.8. The number of ether oxygens (including phenoxy) is 6. The Hall–Kier alpha value is -4.36. The van der Waals surface area contributed by atoms with Gasteiger partial charge >= 0.3 is 24.3 Å². The second-order valence-electron chi connectivity index (χ2n) is 17.7. The first-order chi connectivity index (χ1) is 32.3. The molecule has 24 heteroatoms. The minimum atomic E-state index is -4.44. The second-order valence-corrected chi connectivity index (χ2v) is 24.0. The van der Waals surface area contributed by atoms with Gasteiger partial charge in [-0.15, -0.1) is 0 Å². The highest BCUT2D eigenvalue weighted by atomic mass is 79.9. The summed E-state index contributed by atoms with van der Waals surface area (Å²) in [5.41, 5.74) is -0.679. The van der Waals surface area contributed by atoms with E-state index in [0.29, 0.717) is 15.9 Å². The fraction of sp³-hybridized carbons (Fsp3) is 0.478. The molecular weight excluding hydrogens is 1110 g/mol. The van der Waals surface area contributed by atoms with Crippen molar-refractivity contribution in [3.63, 3.8) is 0 Å². The number of rotatable bonds is 11. The Morgan fingerprint density at radius 3 is 1.27 bits per heavy atom. The van der Waals surface area contributed by atoms with Crippen molar-refractivity contribution in [2.24, 2.45) is 0 Å². The molecule has 4 aromatic rings. The Bertz CT molecular complexity index is 2580. The molecule has 2 aliphatic rings. The summed E-state index contributed by atoms with van der Waals surface area (Å²) in [5.74, 6) is -1.29. The van der Waals surface area contributed by atoms with Crippen LogP contribution in [-0.2, 0) is 48.2 Å². The average molecular weight is 1160 g/mol. The van der Waals surface area contributed by atoms with Gasteiger partial charge in [0.2, 0.25) is 0 Å². The molecule has 2 aromatic heterocycles. The number of esters is 2. The first kappa shape index (κ1) is 58.2. The molecule has 6 rings (SSSR count). The average Bonchev–Trinajstić information content (AvgIpc) is 3.27. The van der Waals surface area contributed by atoms with E-state index in [4.69, 9.17) is 18.9 Å². The van der Waals surface area contributed by atoms with Crippen LogP contribution in [0.1, 0.15) is 67.2 Å². The fourth-order valence-corrected chi connectivity index (χ4v) is 10.8. The summed E-state index contributed by atoms with van der Waals surface area (Å²) in [6, 6.07) is 17.7. The van der Waals surface area contributed by atoms with Crippen LogP contribution < -0.4 is 9.47 Å². The van der Waals surface area contributed by atoms with Crippen molar-refractivity contribution in [1.82, 2.24) is 9.97 Å². The minimum absolute atomic E-state index is 0.00783. The van der Waals surface area contributed by atoms with Crippen LogP contribution in [0.5, 0.6) is 11.5 Å². The summed E-state index contributed by atoms with van der Waals surface area (Å²) < 4.78 is 154. The van der Waals surface area contributed by atoms with Crippen molar-refractivity contribution in [2.45, 2.75) is 110 Å². The van der Waals surface area contributed by atoms with E-state index in [1.807, 2.05) is 0 Å². The molecule has 4 heterocycles. The van der Waals surface area contributed by atoms with Crippen LogP contribution in [-0.4, -0.2) is 111 Å². The van der Waals surface area contributed by atoms with Gasteiger partial charge in [-0.25, -0.2) is 21.8 Å². The number of aromatic nitrogens is 2. The number of pyridine rings is 2. The fourth-order valence-electron chi connectivity index (χ4n) is 6.58. The predicted octanol–water partition coefficient (Wildman–Crippen LogP) is 10.3. The maximum atomic E-state index is 13.6. The SMILES string of the molecule is CC(C)(C)OC(=O)C1(S(=O)(=O)c2ccc(-c3ccc(OCC(F)(F)F)cc3)nc2)CCOCC1.CC(C)(C)OC(=O)C1(S(=O)(=O)c2ccc(Br)nc2)CCOCC1.FC(F)(F)COc1ccc(Br)cc1. The van der Waals surface area contributed by atoms with Gasteiger partial charge in [-0.1, -0.05) is 15.9 Å². The maximum Gasteiger partial charge on any atom is 0.422 e. The normalized spacial score (nSPS) is 16.3. The lowest BCUT2D eigenvalue weighted by Gasteiger charge is -2.36. The van der Waals surface area contributed by atoms with Gasteiger partial charge in [-0.2, -0.15) is 26.3 Å². The highest BCUT2D eigenvalue weighted by Crippen LogP contribution is 2.39. The number of sulfone groups is 2. The van der Waals surface area contributed by atoms with E-state index < -0.39 is 77.9 Å².